The first-order valence-corrected chi connectivity index (χ1v) is 7.84. The molecule has 0 fully saturated rings. The number of aryl methyl sites for hydroxylation is 1. The largest absolute Gasteiger partial charge is 0.494 e. The van der Waals surface area contributed by atoms with E-state index >= 15 is 0 Å². The zero-order valence-electron chi connectivity index (χ0n) is 12.6. The van der Waals surface area contributed by atoms with Crippen molar-refractivity contribution >= 4 is 0 Å². The van der Waals surface area contributed by atoms with Crippen molar-refractivity contribution in [2.45, 2.75) is 39.3 Å². The minimum Gasteiger partial charge on any atom is -0.494 e. The molecule has 4 nitrogen and oxygen atoms in total. The molecule has 0 aliphatic carbocycles. The second kappa shape index (κ2) is 6.76. The molecule has 1 aliphatic rings. The van der Waals surface area contributed by atoms with Gasteiger partial charge in [-0.15, -0.1) is 0 Å². The highest BCUT2D eigenvalue weighted by molar-refractivity contribution is 5.21. The number of rotatable bonds is 6. The summed E-state index contributed by atoms with van der Waals surface area (Å²) in [6.07, 6.45) is 3.09. The van der Waals surface area contributed by atoms with Gasteiger partial charge >= 0.3 is 0 Å². The number of aromatic nitrogens is 2. The van der Waals surface area contributed by atoms with Gasteiger partial charge in [-0.1, -0.05) is 25.1 Å². The lowest BCUT2D eigenvalue weighted by Gasteiger charge is -2.16. The molecule has 1 N–H and O–H groups in total. The Hall–Kier alpha value is -1.81. The predicted molar refractivity (Wildman–Crippen MR) is 83.6 cm³/mol. The quantitative estimate of drug-likeness (QED) is 0.829. The van der Waals surface area contributed by atoms with E-state index in [1.165, 1.54) is 17.2 Å². The molecule has 0 bridgehead atoms. The summed E-state index contributed by atoms with van der Waals surface area (Å²) in [7, 11) is 0. The molecule has 3 rings (SSSR count). The maximum Gasteiger partial charge on any atom is 0.119 e. The summed E-state index contributed by atoms with van der Waals surface area (Å²) in [5.41, 5.74) is 2.66. The highest BCUT2D eigenvalue weighted by Gasteiger charge is 2.18. The van der Waals surface area contributed by atoms with Crippen molar-refractivity contribution in [1.29, 1.82) is 0 Å². The van der Waals surface area contributed by atoms with Gasteiger partial charge in [0.2, 0.25) is 0 Å². The van der Waals surface area contributed by atoms with Crippen LogP contribution in [0.2, 0.25) is 0 Å². The number of benzene rings is 1. The summed E-state index contributed by atoms with van der Waals surface area (Å²) in [6, 6.07) is 10.0. The molecule has 1 aliphatic heterocycles. The predicted octanol–water partition coefficient (Wildman–Crippen LogP) is 2.56. The van der Waals surface area contributed by atoms with E-state index in [4.69, 9.17) is 9.72 Å². The Morgan fingerprint density at radius 2 is 2.14 bits per heavy atom. The summed E-state index contributed by atoms with van der Waals surface area (Å²) in [5, 5.41) is 3.39. The third-order valence-corrected chi connectivity index (χ3v) is 3.92. The Morgan fingerprint density at radius 3 is 2.95 bits per heavy atom. The second-order valence-electron chi connectivity index (χ2n) is 5.37. The Bertz CT molecular complexity index is 577. The van der Waals surface area contributed by atoms with Crippen LogP contribution in [0.15, 0.2) is 30.3 Å². The van der Waals surface area contributed by atoms with Crippen molar-refractivity contribution in [3.63, 3.8) is 0 Å². The molecule has 0 radical (unpaired) electrons. The van der Waals surface area contributed by atoms with Gasteiger partial charge in [0.15, 0.2) is 0 Å². The smallest absolute Gasteiger partial charge is 0.119 e. The molecule has 0 saturated carbocycles. The molecule has 112 valence electrons. The maximum atomic E-state index is 5.78. The number of fused-ring (bicyclic) bond motifs is 1. The molecule has 2 aromatic rings. The van der Waals surface area contributed by atoms with Crippen molar-refractivity contribution in [2.75, 3.05) is 13.2 Å². The maximum absolute atomic E-state index is 5.78. The van der Waals surface area contributed by atoms with Crippen LogP contribution >= 0.6 is 0 Å². The summed E-state index contributed by atoms with van der Waals surface area (Å²) in [4.78, 5) is 4.77. The Labute approximate surface area is 126 Å². The molecule has 2 heterocycles. The second-order valence-corrected chi connectivity index (χ2v) is 5.37. The highest BCUT2D eigenvalue weighted by Crippen LogP contribution is 2.17. The van der Waals surface area contributed by atoms with E-state index in [1.807, 2.05) is 30.3 Å². The fourth-order valence-corrected chi connectivity index (χ4v) is 2.89. The van der Waals surface area contributed by atoms with Crippen LogP contribution in [0.3, 0.4) is 0 Å². The lowest BCUT2D eigenvalue weighted by molar-refractivity contribution is 0.300. The fraction of sp³-hybridized carbons (Fsp3) is 0.471. The zero-order valence-corrected chi connectivity index (χ0v) is 12.6. The number of nitrogens with zero attached hydrogens (tertiary/aromatic N) is 2. The average molecular weight is 285 g/mol. The third kappa shape index (κ3) is 3.27. The van der Waals surface area contributed by atoms with Crippen LogP contribution in [0.25, 0.3) is 0 Å². The Kier molecular flexibility index (Phi) is 4.55. The molecule has 0 unspecified atom stereocenters. The first kappa shape index (κ1) is 14.1. The molecule has 4 heteroatoms. The van der Waals surface area contributed by atoms with Crippen LogP contribution in [-0.4, -0.2) is 22.7 Å². The van der Waals surface area contributed by atoms with Crippen molar-refractivity contribution < 1.29 is 4.74 Å². The van der Waals surface area contributed by atoms with Crippen LogP contribution in [-0.2, 0) is 25.9 Å². The summed E-state index contributed by atoms with van der Waals surface area (Å²) in [5.74, 6) is 2.16. The molecule has 0 saturated heterocycles. The molecular weight excluding hydrogens is 262 g/mol. The van der Waals surface area contributed by atoms with Crippen molar-refractivity contribution in [2.24, 2.45) is 0 Å². The highest BCUT2D eigenvalue weighted by atomic mass is 16.5. The summed E-state index contributed by atoms with van der Waals surface area (Å²) in [6.45, 7) is 5.90. The van der Waals surface area contributed by atoms with Gasteiger partial charge in [0.1, 0.15) is 11.6 Å². The normalized spacial score (nSPS) is 14.0. The topological polar surface area (TPSA) is 39.1 Å². The van der Waals surface area contributed by atoms with Gasteiger partial charge in [0, 0.05) is 38.2 Å². The standard InChI is InChI=1S/C17H23N3O/c1-2-17-19-15-13-18-10-9-16(15)20(17)11-6-12-21-14-7-4-3-5-8-14/h3-5,7-8,18H,2,6,9-13H2,1H3. The molecule has 21 heavy (non-hydrogen) atoms. The minimum atomic E-state index is 0.748. The Balaban J connectivity index is 1.59. The van der Waals surface area contributed by atoms with Gasteiger partial charge < -0.3 is 14.6 Å². The van der Waals surface area contributed by atoms with Gasteiger partial charge in [-0.25, -0.2) is 4.98 Å². The number of nitrogens with one attached hydrogen (secondary N) is 1. The fourth-order valence-electron chi connectivity index (χ4n) is 2.89. The average Bonchev–Trinajstić information content (AvgIpc) is 2.90. The number of hydrogen-bond acceptors (Lipinski definition) is 3. The number of hydrogen-bond donors (Lipinski definition) is 1. The molecule has 0 amide bonds. The number of imidazole rings is 1. The first-order chi connectivity index (χ1) is 10.4. The van der Waals surface area contributed by atoms with E-state index in [0.717, 1.165) is 51.3 Å². The molecule has 0 atom stereocenters. The lowest BCUT2D eigenvalue weighted by atomic mass is 10.2. The van der Waals surface area contributed by atoms with Crippen LogP contribution in [0.5, 0.6) is 5.75 Å². The number of ether oxygens (including phenoxy) is 1. The summed E-state index contributed by atoms with van der Waals surface area (Å²) < 4.78 is 8.18. The van der Waals surface area contributed by atoms with E-state index in [9.17, 15) is 0 Å². The van der Waals surface area contributed by atoms with Crippen molar-refractivity contribution in [1.82, 2.24) is 14.9 Å². The van der Waals surface area contributed by atoms with E-state index in [1.54, 1.807) is 0 Å². The van der Waals surface area contributed by atoms with E-state index in [-0.39, 0.29) is 0 Å². The van der Waals surface area contributed by atoms with Crippen LogP contribution in [0.4, 0.5) is 0 Å². The van der Waals surface area contributed by atoms with Gasteiger partial charge in [-0.2, -0.15) is 0 Å². The molecular formula is C17H23N3O. The zero-order chi connectivity index (χ0) is 14.5. The first-order valence-electron chi connectivity index (χ1n) is 7.84. The SMILES string of the molecule is CCc1nc2c(n1CCCOc1ccccc1)CCNC2. The van der Waals surface area contributed by atoms with Crippen molar-refractivity contribution in [3.05, 3.63) is 47.5 Å². The van der Waals surface area contributed by atoms with Gasteiger partial charge in [0.25, 0.3) is 0 Å². The minimum absolute atomic E-state index is 0.748. The van der Waals surface area contributed by atoms with Crippen LogP contribution < -0.4 is 10.1 Å². The summed E-state index contributed by atoms with van der Waals surface area (Å²) >= 11 is 0. The lowest BCUT2D eigenvalue weighted by Crippen LogP contribution is -2.25. The molecule has 0 spiro atoms. The van der Waals surface area contributed by atoms with Crippen LogP contribution in [0.1, 0.15) is 30.6 Å². The van der Waals surface area contributed by atoms with Crippen molar-refractivity contribution in [3.8, 4) is 5.75 Å². The number of para-hydroxylation sites is 1. The van der Waals surface area contributed by atoms with Gasteiger partial charge in [-0.3, -0.25) is 0 Å². The Morgan fingerprint density at radius 1 is 1.29 bits per heavy atom. The van der Waals surface area contributed by atoms with E-state index in [0.29, 0.717) is 0 Å². The third-order valence-electron chi connectivity index (χ3n) is 3.92. The molecule has 1 aromatic heterocycles. The van der Waals surface area contributed by atoms with Crippen LogP contribution in [0, 0.1) is 0 Å². The van der Waals surface area contributed by atoms with Gasteiger partial charge in [0.05, 0.1) is 12.3 Å². The van der Waals surface area contributed by atoms with E-state index < -0.39 is 0 Å². The van der Waals surface area contributed by atoms with E-state index in [2.05, 4.69) is 16.8 Å². The monoisotopic (exact) mass is 285 g/mol. The molecule has 1 aromatic carbocycles. The van der Waals surface area contributed by atoms with Gasteiger partial charge in [-0.05, 0) is 18.6 Å².